The standard InChI is InChI=1S/C8H5BrF5NO/c9-5-2(10)1-3(16)4(6(5)11)7(15)8(12,13)14/h1,7,16H,15H2/t7-/m1/s1. The number of nitrogens with two attached hydrogens (primary N) is 1. The van der Waals surface area contributed by atoms with Crippen LogP contribution in [0.15, 0.2) is 10.5 Å². The number of hydrogen-bond donors (Lipinski definition) is 2. The van der Waals surface area contributed by atoms with Crippen LogP contribution in [0.5, 0.6) is 5.75 Å². The summed E-state index contributed by atoms with van der Waals surface area (Å²) in [4.78, 5) is 0. The summed E-state index contributed by atoms with van der Waals surface area (Å²) >= 11 is 2.42. The molecule has 90 valence electrons. The molecule has 0 aliphatic heterocycles. The van der Waals surface area contributed by atoms with Crippen molar-refractivity contribution in [2.75, 3.05) is 0 Å². The topological polar surface area (TPSA) is 46.2 Å². The monoisotopic (exact) mass is 305 g/mol. The smallest absolute Gasteiger partial charge is 0.407 e. The van der Waals surface area contributed by atoms with Gasteiger partial charge in [-0.25, -0.2) is 8.78 Å². The van der Waals surface area contributed by atoms with Gasteiger partial charge in [-0.1, -0.05) is 0 Å². The SMILES string of the molecule is N[C@H](c1c(O)cc(F)c(Br)c1F)C(F)(F)F. The summed E-state index contributed by atoms with van der Waals surface area (Å²) in [5.74, 6) is -3.96. The fourth-order valence-corrected chi connectivity index (χ4v) is 1.38. The van der Waals surface area contributed by atoms with Crippen molar-refractivity contribution in [1.29, 1.82) is 0 Å². The van der Waals surface area contributed by atoms with Gasteiger partial charge in [0.05, 0.1) is 10.0 Å². The molecule has 2 nitrogen and oxygen atoms in total. The predicted molar refractivity (Wildman–Crippen MR) is 48.7 cm³/mol. The van der Waals surface area contributed by atoms with E-state index in [4.69, 9.17) is 10.8 Å². The highest BCUT2D eigenvalue weighted by molar-refractivity contribution is 9.10. The zero-order valence-electron chi connectivity index (χ0n) is 7.45. The zero-order chi connectivity index (χ0) is 12.7. The second-order valence-electron chi connectivity index (χ2n) is 2.94. The molecule has 1 aromatic rings. The Hall–Kier alpha value is -0.890. The van der Waals surface area contributed by atoms with Crippen molar-refractivity contribution in [2.45, 2.75) is 12.2 Å². The molecular formula is C8H5BrF5NO. The Morgan fingerprint density at radius 3 is 2.25 bits per heavy atom. The third-order valence-corrected chi connectivity index (χ3v) is 2.57. The Balaban J connectivity index is 3.40. The summed E-state index contributed by atoms with van der Waals surface area (Å²) in [6.45, 7) is 0. The molecule has 0 aliphatic rings. The van der Waals surface area contributed by atoms with Gasteiger partial charge >= 0.3 is 6.18 Å². The van der Waals surface area contributed by atoms with Crippen LogP contribution in [0.3, 0.4) is 0 Å². The molecule has 0 unspecified atom stereocenters. The van der Waals surface area contributed by atoms with Gasteiger partial charge in [-0.3, -0.25) is 0 Å². The molecule has 3 N–H and O–H groups in total. The first-order valence-corrected chi connectivity index (χ1v) is 4.64. The number of rotatable bonds is 1. The van der Waals surface area contributed by atoms with Crippen LogP contribution in [0.1, 0.15) is 11.6 Å². The van der Waals surface area contributed by atoms with Crippen molar-refractivity contribution in [3.63, 3.8) is 0 Å². The lowest BCUT2D eigenvalue weighted by Crippen LogP contribution is -2.29. The van der Waals surface area contributed by atoms with Crippen LogP contribution in [0, 0.1) is 11.6 Å². The molecule has 0 bridgehead atoms. The number of alkyl halides is 3. The molecule has 0 fully saturated rings. The van der Waals surface area contributed by atoms with Gasteiger partial charge in [-0.05, 0) is 15.9 Å². The third-order valence-electron chi connectivity index (χ3n) is 1.84. The molecule has 1 atom stereocenters. The van der Waals surface area contributed by atoms with Crippen LogP contribution in [0.2, 0.25) is 0 Å². The fourth-order valence-electron chi connectivity index (χ4n) is 1.06. The number of aromatic hydroxyl groups is 1. The van der Waals surface area contributed by atoms with E-state index in [1.165, 1.54) is 0 Å². The average Bonchev–Trinajstić information content (AvgIpc) is 2.13. The Morgan fingerprint density at radius 2 is 1.81 bits per heavy atom. The van der Waals surface area contributed by atoms with Crippen molar-refractivity contribution < 1.29 is 27.1 Å². The first-order valence-electron chi connectivity index (χ1n) is 3.85. The van der Waals surface area contributed by atoms with Gasteiger partial charge in [-0.15, -0.1) is 0 Å². The van der Waals surface area contributed by atoms with Crippen molar-refractivity contribution >= 4 is 15.9 Å². The molecule has 1 aromatic carbocycles. The highest BCUT2D eigenvalue weighted by atomic mass is 79.9. The molecule has 0 aromatic heterocycles. The Bertz CT molecular complexity index is 420. The summed E-state index contributed by atoms with van der Waals surface area (Å²) < 4.78 is 61.9. The Kier molecular flexibility index (Phi) is 3.44. The quantitative estimate of drug-likeness (QED) is 0.619. The minimum atomic E-state index is -4.93. The second-order valence-corrected chi connectivity index (χ2v) is 3.73. The highest BCUT2D eigenvalue weighted by Crippen LogP contribution is 2.39. The highest BCUT2D eigenvalue weighted by Gasteiger charge is 2.41. The van der Waals surface area contributed by atoms with E-state index in [-0.39, 0.29) is 0 Å². The molecule has 8 heteroatoms. The van der Waals surface area contributed by atoms with Crippen LogP contribution in [-0.2, 0) is 0 Å². The van der Waals surface area contributed by atoms with Crippen LogP contribution in [-0.4, -0.2) is 11.3 Å². The Morgan fingerprint density at radius 1 is 1.31 bits per heavy atom. The third kappa shape index (κ3) is 2.27. The first-order chi connectivity index (χ1) is 7.16. The number of benzene rings is 1. The van der Waals surface area contributed by atoms with E-state index in [0.29, 0.717) is 6.07 Å². The van der Waals surface area contributed by atoms with E-state index < -0.39 is 39.6 Å². The maximum atomic E-state index is 13.3. The van der Waals surface area contributed by atoms with E-state index in [9.17, 15) is 22.0 Å². The number of hydrogen-bond acceptors (Lipinski definition) is 2. The molecule has 0 spiro atoms. The number of phenols is 1. The minimum Gasteiger partial charge on any atom is -0.507 e. The lowest BCUT2D eigenvalue weighted by Gasteiger charge is -2.18. The molecule has 0 amide bonds. The first kappa shape index (κ1) is 13.2. The van der Waals surface area contributed by atoms with Gasteiger partial charge in [0.2, 0.25) is 0 Å². The van der Waals surface area contributed by atoms with Gasteiger partial charge in [0, 0.05) is 6.07 Å². The summed E-state index contributed by atoms with van der Waals surface area (Å²) in [5, 5.41) is 9.05. The minimum absolute atomic E-state index is 0.355. The average molecular weight is 306 g/mol. The van der Waals surface area contributed by atoms with E-state index in [2.05, 4.69) is 15.9 Å². The lowest BCUT2D eigenvalue weighted by molar-refractivity contribution is -0.150. The van der Waals surface area contributed by atoms with Crippen LogP contribution in [0.25, 0.3) is 0 Å². The largest absolute Gasteiger partial charge is 0.507 e. The Labute approximate surface area is 95.0 Å². The second kappa shape index (κ2) is 4.17. The summed E-state index contributed by atoms with van der Waals surface area (Å²) in [5.41, 5.74) is 3.53. The molecular weight excluding hydrogens is 301 g/mol. The molecule has 16 heavy (non-hydrogen) atoms. The summed E-state index contributed by atoms with van der Waals surface area (Å²) in [6.07, 6.45) is -4.93. The van der Waals surface area contributed by atoms with Crippen molar-refractivity contribution in [3.05, 3.63) is 27.7 Å². The van der Waals surface area contributed by atoms with Gasteiger partial charge < -0.3 is 10.8 Å². The van der Waals surface area contributed by atoms with Crippen LogP contribution >= 0.6 is 15.9 Å². The number of phenolic OH excluding ortho intramolecular Hbond substituents is 1. The normalized spacial score (nSPS) is 13.9. The van der Waals surface area contributed by atoms with Gasteiger partial charge in [0.1, 0.15) is 23.4 Å². The van der Waals surface area contributed by atoms with E-state index in [0.717, 1.165) is 0 Å². The molecule has 1 rings (SSSR count). The molecule has 0 saturated carbocycles. The summed E-state index contributed by atoms with van der Waals surface area (Å²) in [7, 11) is 0. The van der Waals surface area contributed by atoms with E-state index in [1.54, 1.807) is 0 Å². The molecule has 0 saturated heterocycles. The van der Waals surface area contributed by atoms with Crippen molar-refractivity contribution in [1.82, 2.24) is 0 Å². The lowest BCUT2D eigenvalue weighted by atomic mass is 10.1. The number of halogens is 6. The van der Waals surface area contributed by atoms with Crippen molar-refractivity contribution in [3.8, 4) is 5.75 Å². The predicted octanol–water partition coefficient (Wildman–Crippen LogP) is 2.99. The maximum Gasteiger partial charge on any atom is 0.407 e. The van der Waals surface area contributed by atoms with Crippen LogP contribution < -0.4 is 5.73 Å². The fraction of sp³-hybridized carbons (Fsp3) is 0.250. The zero-order valence-corrected chi connectivity index (χ0v) is 9.03. The van der Waals surface area contributed by atoms with Crippen LogP contribution in [0.4, 0.5) is 22.0 Å². The molecule has 0 aliphatic carbocycles. The van der Waals surface area contributed by atoms with E-state index >= 15 is 0 Å². The summed E-state index contributed by atoms with van der Waals surface area (Å²) in [6, 6.07) is -2.36. The van der Waals surface area contributed by atoms with Gasteiger partial charge in [-0.2, -0.15) is 13.2 Å². The maximum absolute atomic E-state index is 13.3. The van der Waals surface area contributed by atoms with E-state index in [1.807, 2.05) is 0 Å². The molecule has 0 radical (unpaired) electrons. The van der Waals surface area contributed by atoms with Gasteiger partial charge in [0.25, 0.3) is 0 Å². The molecule has 0 heterocycles. The van der Waals surface area contributed by atoms with Gasteiger partial charge in [0.15, 0.2) is 0 Å². The van der Waals surface area contributed by atoms with Crippen molar-refractivity contribution in [2.24, 2.45) is 5.73 Å².